The van der Waals surface area contributed by atoms with Crippen molar-refractivity contribution in [3.63, 3.8) is 0 Å². The summed E-state index contributed by atoms with van der Waals surface area (Å²) in [5, 5.41) is 1.62. The molecular weight excluding hydrogens is 306 g/mol. The van der Waals surface area contributed by atoms with Crippen LogP contribution >= 0.6 is 22.9 Å². The van der Waals surface area contributed by atoms with Crippen LogP contribution in [-0.4, -0.2) is 20.6 Å². The first-order valence-corrected chi connectivity index (χ1v) is 8.01. The number of aryl methyl sites for hydroxylation is 1. The lowest BCUT2D eigenvalue weighted by molar-refractivity contribution is -0.0400. The molecule has 0 radical (unpaired) electrons. The van der Waals surface area contributed by atoms with Gasteiger partial charge in [-0.1, -0.05) is 11.6 Å². The van der Waals surface area contributed by atoms with Crippen LogP contribution in [-0.2, 0) is 17.8 Å². The highest BCUT2D eigenvalue weighted by Crippen LogP contribution is 2.41. The van der Waals surface area contributed by atoms with E-state index in [1.165, 1.54) is 17.5 Å². The number of aromatic nitrogens is 3. The number of rotatable bonds is 0. The standard InChI is InChI=1S/C15H14ClN3OS/c1-7-9-5-20-15(2,3)4-8(9)10-11-12(21-14(10)19-7)13(16)18-6-17-11/h6H,4-5H2,1-3H3. The van der Waals surface area contributed by atoms with Crippen molar-refractivity contribution in [3.8, 4) is 0 Å². The Balaban J connectivity index is 2.16. The zero-order chi connectivity index (χ0) is 14.8. The van der Waals surface area contributed by atoms with Gasteiger partial charge >= 0.3 is 0 Å². The molecule has 4 rings (SSSR count). The summed E-state index contributed by atoms with van der Waals surface area (Å²) in [5.41, 5.74) is 4.27. The number of fused-ring (bicyclic) bond motifs is 5. The third kappa shape index (κ3) is 1.95. The fraction of sp³-hybridized carbons (Fsp3) is 0.400. The van der Waals surface area contributed by atoms with Crippen molar-refractivity contribution in [2.45, 2.75) is 39.4 Å². The quantitative estimate of drug-likeness (QED) is 0.586. The van der Waals surface area contributed by atoms with Crippen LogP contribution in [0.5, 0.6) is 0 Å². The Morgan fingerprint density at radius 2 is 2.10 bits per heavy atom. The maximum Gasteiger partial charge on any atom is 0.150 e. The summed E-state index contributed by atoms with van der Waals surface area (Å²) in [6.07, 6.45) is 2.38. The molecule has 3 aromatic heterocycles. The second-order valence-electron chi connectivity index (χ2n) is 6.00. The number of nitrogens with zero attached hydrogens (tertiary/aromatic N) is 3. The van der Waals surface area contributed by atoms with Crippen LogP contribution < -0.4 is 0 Å². The first-order valence-electron chi connectivity index (χ1n) is 6.81. The van der Waals surface area contributed by atoms with Crippen LogP contribution in [0.3, 0.4) is 0 Å². The summed E-state index contributed by atoms with van der Waals surface area (Å²) in [5.74, 6) is 0. The van der Waals surface area contributed by atoms with E-state index >= 15 is 0 Å². The van der Waals surface area contributed by atoms with Crippen molar-refractivity contribution < 1.29 is 4.74 Å². The number of halogens is 1. The summed E-state index contributed by atoms with van der Waals surface area (Å²) in [6.45, 7) is 6.88. The zero-order valence-corrected chi connectivity index (χ0v) is 13.6. The highest BCUT2D eigenvalue weighted by Gasteiger charge is 2.30. The van der Waals surface area contributed by atoms with Gasteiger partial charge in [-0.15, -0.1) is 11.3 Å². The normalized spacial score (nSPS) is 17.3. The molecule has 0 unspecified atom stereocenters. The number of pyridine rings is 1. The van der Waals surface area contributed by atoms with E-state index in [0.29, 0.717) is 11.8 Å². The van der Waals surface area contributed by atoms with E-state index in [9.17, 15) is 0 Å². The van der Waals surface area contributed by atoms with Crippen molar-refractivity contribution in [2.24, 2.45) is 0 Å². The molecule has 0 amide bonds. The third-order valence-electron chi connectivity index (χ3n) is 3.99. The Morgan fingerprint density at radius 3 is 2.90 bits per heavy atom. The van der Waals surface area contributed by atoms with E-state index in [1.54, 1.807) is 11.3 Å². The van der Waals surface area contributed by atoms with Crippen LogP contribution in [0.1, 0.15) is 30.7 Å². The predicted octanol–water partition coefficient (Wildman–Crippen LogP) is 4.05. The molecule has 0 aromatic carbocycles. The van der Waals surface area contributed by atoms with Crippen molar-refractivity contribution in [1.82, 2.24) is 15.0 Å². The number of hydrogen-bond acceptors (Lipinski definition) is 5. The van der Waals surface area contributed by atoms with Gasteiger partial charge in [0.25, 0.3) is 0 Å². The van der Waals surface area contributed by atoms with Crippen LogP contribution in [0.15, 0.2) is 6.33 Å². The fourth-order valence-corrected chi connectivity index (χ4v) is 4.28. The minimum Gasteiger partial charge on any atom is -0.370 e. The van der Waals surface area contributed by atoms with Gasteiger partial charge in [0.05, 0.1) is 22.4 Å². The van der Waals surface area contributed by atoms with Gasteiger partial charge in [0.1, 0.15) is 16.3 Å². The molecule has 0 saturated carbocycles. The van der Waals surface area contributed by atoms with Crippen LogP contribution in [0.4, 0.5) is 0 Å². The molecule has 1 aliphatic rings. The highest BCUT2D eigenvalue weighted by atomic mass is 35.5. The first kappa shape index (κ1) is 13.4. The summed E-state index contributed by atoms with van der Waals surface area (Å²) in [4.78, 5) is 14.2. The second kappa shape index (κ2) is 4.35. The van der Waals surface area contributed by atoms with Crippen LogP contribution in [0.2, 0.25) is 5.15 Å². The summed E-state index contributed by atoms with van der Waals surface area (Å²) < 4.78 is 6.85. The van der Waals surface area contributed by atoms with Gasteiger partial charge in [0.2, 0.25) is 0 Å². The molecule has 4 heterocycles. The molecule has 108 valence electrons. The lowest BCUT2D eigenvalue weighted by Crippen LogP contribution is -2.32. The van der Waals surface area contributed by atoms with Crippen molar-refractivity contribution in [2.75, 3.05) is 0 Å². The van der Waals surface area contributed by atoms with Gasteiger partial charge < -0.3 is 4.74 Å². The molecule has 0 spiro atoms. The topological polar surface area (TPSA) is 47.9 Å². The fourth-order valence-electron chi connectivity index (χ4n) is 2.94. The van der Waals surface area contributed by atoms with Gasteiger partial charge in [-0.25, -0.2) is 15.0 Å². The molecular formula is C15H14ClN3OS. The molecule has 0 saturated heterocycles. The van der Waals surface area contributed by atoms with Gasteiger partial charge in [0, 0.05) is 23.1 Å². The summed E-state index contributed by atoms with van der Waals surface area (Å²) >= 11 is 7.78. The SMILES string of the molecule is Cc1nc2sc3c(Cl)ncnc3c2c2c1COC(C)(C)C2. The third-order valence-corrected chi connectivity index (χ3v) is 5.47. The summed E-state index contributed by atoms with van der Waals surface area (Å²) in [7, 11) is 0. The van der Waals surface area contributed by atoms with Gasteiger partial charge in [0.15, 0.2) is 0 Å². The molecule has 21 heavy (non-hydrogen) atoms. The van der Waals surface area contributed by atoms with E-state index < -0.39 is 0 Å². The van der Waals surface area contributed by atoms with E-state index in [2.05, 4.69) is 23.8 Å². The van der Waals surface area contributed by atoms with Gasteiger partial charge in [-0.2, -0.15) is 0 Å². The molecule has 0 fully saturated rings. The van der Waals surface area contributed by atoms with E-state index in [4.69, 9.17) is 21.3 Å². The van der Waals surface area contributed by atoms with Crippen LogP contribution in [0.25, 0.3) is 20.4 Å². The minimum atomic E-state index is -0.168. The average Bonchev–Trinajstić information content (AvgIpc) is 2.77. The van der Waals surface area contributed by atoms with Crippen molar-refractivity contribution in [3.05, 3.63) is 28.3 Å². The van der Waals surface area contributed by atoms with Gasteiger partial charge in [-0.3, -0.25) is 0 Å². The molecule has 6 heteroatoms. The lowest BCUT2D eigenvalue weighted by Gasteiger charge is -2.32. The Kier molecular flexibility index (Phi) is 2.77. The van der Waals surface area contributed by atoms with E-state index in [-0.39, 0.29) is 5.60 Å². The second-order valence-corrected chi connectivity index (χ2v) is 7.36. The zero-order valence-electron chi connectivity index (χ0n) is 12.0. The molecule has 0 N–H and O–H groups in total. The number of ether oxygens (including phenoxy) is 1. The maximum atomic E-state index is 6.21. The monoisotopic (exact) mass is 319 g/mol. The Morgan fingerprint density at radius 1 is 1.29 bits per heavy atom. The van der Waals surface area contributed by atoms with Crippen molar-refractivity contribution in [1.29, 1.82) is 0 Å². The molecule has 0 aliphatic carbocycles. The largest absolute Gasteiger partial charge is 0.370 e. The Hall–Kier alpha value is -1.30. The molecule has 3 aromatic rings. The highest BCUT2D eigenvalue weighted by molar-refractivity contribution is 7.26. The van der Waals surface area contributed by atoms with E-state index in [0.717, 1.165) is 32.5 Å². The summed E-state index contributed by atoms with van der Waals surface area (Å²) in [6, 6.07) is 0. The molecule has 0 atom stereocenters. The number of hydrogen-bond donors (Lipinski definition) is 0. The van der Waals surface area contributed by atoms with Crippen molar-refractivity contribution >= 4 is 43.4 Å². The predicted molar refractivity (Wildman–Crippen MR) is 85.0 cm³/mol. The van der Waals surface area contributed by atoms with Crippen LogP contribution in [0, 0.1) is 6.92 Å². The smallest absolute Gasteiger partial charge is 0.150 e. The minimum absolute atomic E-state index is 0.168. The average molecular weight is 320 g/mol. The Labute approximate surface area is 131 Å². The first-order chi connectivity index (χ1) is 9.96. The Bertz CT molecular complexity index is 888. The lowest BCUT2D eigenvalue weighted by atomic mass is 9.89. The van der Waals surface area contributed by atoms with E-state index in [1.807, 2.05) is 6.92 Å². The van der Waals surface area contributed by atoms with Gasteiger partial charge in [-0.05, 0) is 26.3 Å². The molecule has 4 nitrogen and oxygen atoms in total. The molecule has 1 aliphatic heterocycles. The molecule has 0 bridgehead atoms. The maximum absolute atomic E-state index is 6.21. The number of thiophene rings is 1.